The van der Waals surface area contributed by atoms with Gasteiger partial charge in [-0.05, 0) is 12.8 Å². The van der Waals surface area contributed by atoms with Crippen LogP contribution in [0.5, 0.6) is 0 Å². The van der Waals surface area contributed by atoms with Gasteiger partial charge in [-0.15, -0.1) is 11.3 Å². The number of urea groups is 1. The Labute approximate surface area is 86.9 Å². The first kappa shape index (κ1) is 9.45. The highest BCUT2D eigenvalue weighted by molar-refractivity contribution is 7.07. The molecule has 0 unspecified atom stereocenters. The van der Waals surface area contributed by atoms with Crippen molar-refractivity contribution in [3.63, 3.8) is 0 Å². The van der Waals surface area contributed by atoms with Crippen LogP contribution < -0.4 is 5.32 Å². The summed E-state index contributed by atoms with van der Waals surface area (Å²) in [6.07, 6.45) is 2.24. The number of nitrogens with one attached hydrogen (secondary N) is 1. The van der Waals surface area contributed by atoms with Crippen LogP contribution in [0, 0.1) is 0 Å². The predicted molar refractivity (Wildman–Crippen MR) is 55.1 cm³/mol. The fraction of sp³-hybridized carbons (Fsp3) is 0.556. The van der Waals surface area contributed by atoms with Crippen molar-refractivity contribution in [1.29, 1.82) is 0 Å². The van der Waals surface area contributed by atoms with Gasteiger partial charge in [0.25, 0.3) is 0 Å². The summed E-state index contributed by atoms with van der Waals surface area (Å²) >= 11 is 1.55. The lowest BCUT2D eigenvalue weighted by molar-refractivity contribution is 0.206. The summed E-state index contributed by atoms with van der Waals surface area (Å²) in [4.78, 5) is 17.3. The minimum Gasteiger partial charge on any atom is -0.335 e. The van der Waals surface area contributed by atoms with Crippen LogP contribution in [-0.2, 0) is 6.54 Å². The van der Waals surface area contributed by atoms with E-state index < -0.39 is 0 Å². The molecule has 2 rings (SSSR count). The molecular weight excluding hydrogens is 198 g/mol. The van der Waals surface area contributed by atoms with E-state index in [9.17, 15) is 4.79 Å². The molecule has 0 saturated heterocycles. The summed E-state index contributed by atoms with van der Waals surface area (Å²) in [5.74, 6) is 0. The van der Waals surface area contributed by atoms with Crippen LogP contribution in [0.4, 0.5) is 4.79 Å². The maximum atomic E-state index is 11.5. The molecule has 0 radical (unpaired) electrons. The van der Waals surface area contributed by atoms with Gasteiger partial charge >= 0.3 is 6.03 Å². The van der Waals surface area contributed by atoms with Crippen LogP contribution in [-0.4, -0.2) is 29.0 Å². The van der Waals surface area contributed by atoms with E-state index in [1.54, 1.807) is 28.8 Å². The zero-order chi connectivity index (χ0) is 9.97. The molecule has 1 aromatic heterocycles. The largest absolute Gasteiger partial charge is 0.335 e. The Kier molecular flexibility index (Phi) is 2.67. The third-order valence-electron chi connectivity index (χ3n) is 2.13. The van der Waals surface area contributed by atoms with Crippen molar-refractivity contribution in [3.8, 4) is 0 Å². The van der Waals surface area contributed by atoms with Gasteiger partial charge in [0, 0.05) is 18.5 Å². The first-order valence-electron chi connectivity index (χ1n) is 4.64. The van der Waals surface area contributed by atoms with Gasteiger partial charge in [0.1, 0.15) is 0 Å². The van der Waals surface area contributed by atoms with Gasteiger partial charge in [-0.3, -0.25) is 0 Å². The van der Waals surface area contributed by atoms with E-state index >= 15 is 0 Å². The average Bonchev–Trinajstić information content (AvgIpc) is 2.81. The van der Waals surface area contributed by atoms with Gasteiger partial charge in [-0.1, -0.05) is 0 Å². The maximum Gasteiger partial charge on any atom is 0.317 e. The summed E-state index contributed by atoms with van der Waals surface area (Å²) in [6, 6.07) is 0.417. The summed E-state index contributed by atoms with van der Waals surface area (Å²) in [5.41, 5.74) is 2.73. The number of hydrogen-bond donors (Lipinski definition) is 1. The lowest BCUT2D eigenvalue weighted by Crippen LogP contribution is -2.37. The molecule has 0 spiro atoms. The molecule has 1 aliphatic rings. The number of nitrogens with zero attached hydrogens (tertiary/aromatic N) is 2. The van der Waals surface area contributed by atoms with Crippen molar-refractivity contribution < 1.29 is 4.79 Å². The quantitative estimate of drug-likeness (QED) is 0.822. The lowest BCUT2D eigenvalue weighted by atomic mass is 10.4. The SMILES string of the molecule is CN(Cc1cscn1)C(=O)NC1CC1. The first-order valence-corrected chi connectivity index (χ1v) is 5.58. The highest BCUT2D eigenvalue weighted by Crippen LogP contribution is 2.18. The number of thiazole rings is 1. The Bertz CT molecular complexity index is 308. The number of aromatic nitrogens is 1. The van der Waals surface area contributed by atoms with E-state index in [0.717, 1.165) is 18.5 Å². The lowest BCUT2D eigenvalue weighted by Gasteiger charge is -2.16. The Morgan fingerprint density at radius 1 is 1.79 bits per heavy atom. The molecule has 0 aromatic carbocycles. The molecule has 1 fully saturated rings. The molecule has 14 heavy (non-hydrogen) atoms. The molecule has 1 N–H and O–H groups in total. The van der Waals surface area contributed by atoms with Gasteiger partial charge < -0.3 is 10.2 Å². The van der Waals surface area contributed by atoms with E-state index in [2.05, 4.69) is 10.3 Å². The second-order valence-corrected chi connectivity index (χ2v) is 4.28. The van der Waals surface area contributed by atoms with Crippen molar-refractivity contribution >= 4 is 17.4 Å². The standard InChI is InChI=1S/C9H13N3OS/c1-12(4-8-5-14-6-10-8)9(13)11-7-2-3-7/h5-7H,2-4H2,1H3,(H,11,13). The number of rotatable bonds is 3. The molecule has 0 aliphatic heterocycles. The second kappa shape index (κ2) is 3.96. The molecule has 1 aliphatic carbocycles. The van der Waals surface area contributed by atoms with Crippen LogP contribution in [0.25, 0.3) is 0 Å². The third kappa shape index (κ3) is 2.45. The number of carbonyl (C=O) groups is 1. The predicted octanol–water partition coefficient (Wildman–Crippen LogP) is 1.45. The molecule has 1 saturated carbocycles. The molecular formula is C9H13N3OS. The Morgan fingerprint density at radius 3 is 3.14 bits per heavy atom. The summed E-state index contributed by atoms with van der Waals surface area (Å²) in [7, 11) is 1.79. The minimum absolute atomic E-state index is 0.000463. The molecule has 0 bridgehead atoms. The van der Waals surface area contributed by atoms with Crippen LogP contribution >= 0.6 is 11.3 Å². The van der Waals surface area contributed by atoms with Crippen LogP contribution in [0.3, 0.4) is 0 Å². The highest BCUT2D eigenvalue weighted by Gasteiger charge is 2.24. The fourth-order valence-electron chi connectivity index (χ4n) is 1.14. The van der Waals surface area contributed by atoms with Crippen LogP contribution in [0.2, 0.25) is 0 Å². The molecule has 0 atom stereocenters. The normalized spacial score (nSPS) is 15.2. The molecule has 1 heterocycles. The summed E-state index contributed by atoms with van der Waals surface area (Å²) in [6.45, 7) is 0.585. The van der Waals surface area contributed by atoms with E-state index in [1.807, 2.05) is 5.38 Å². The fourth-order valence-corrected chi connectivity index (χ4v) is 1.69. The second-order valence-electron chi connectivity index (χ2n) is 3.56. The highest BCUT2D eigenvalue weighted by atomic mass is 32.1. The zero-order valence-corrected chi connectivity index (χ0v) is 8.88. The Morgan fingerprint density at radius 2 is 2.57 bits per heavy atom. The number of amides is 2. The molecule has 2 amide bonds. The van der Waals surface area contributed by atoms with Crippen molar-refractivity contribution in [2.75, 3.05) is 7.05 Å². The van der Waals surface area contributed by atoms with Crippen molar-refractivity contribution in [2.45, 2.75) is 25.4 Å². The Balaban J connectivity index is 1.81. The molecule has 76 valence electrons. The monoisotopic (exact) mass is 211 g/mol. The van der Waals surface area contributed by atoms with Gasteiger partial charge in [-0.25, -0.2) is 9.78 Å². The van der Waals surface area contributed by atoms with E-state index in [4.69, 9.17) is 0 Å². The summed E-state index contributed by atoms with van der Waals surface area (Å²) < 4.78 is 0. The van der Waals surface area contributed by atoms with Crippen LogP contribution in [0.1, 0.15) is 18.5 Å². The van der Waals surface area contributed by atoms with Gasteiger partial charge in [0.15, 0.2) is 0 Å². The van der Waals surface area contributed by atoms with E-state index in [0.29, 0.717) is 12.6 Å². The van der Waals surface area contributed by atoms with Crippen molar-refractivity contribution in [1.82, 2.24) is 15.2 Å². The topological polar surface area (TPSA) is 45.2 Å². The zero-order valence-electron chi connectivity index (χ0n) is 8.06. The van der Waals surface area contributed by atoms with Crippen molar-refractivity contribution in [2.24, 2.45) is 0 Å². The number of hydrogen-bond acceptors (Lipinski definition) is 3. The van der Waals surface area contributed by atoms with Crippen LogP contribution in [0.15, 0.2) is 10.9 Å². The first-order chi connectivity index (χ1) is 6.75. The molecule has 4 nitrogen and oxygen atoms in total. The average molecular weight is 211 g/mol. The number of carbonyl (C=O) groups excluding carboxylic acids is 1. The van der Waals surface area contributed by atoms with Gasteiger partial charge in [0.05, 0.1) is 17.7 Å². The van der Waals surface area contributed by atoms with Gasteiger partial charge in [0.2, 0.25) is 0 Å². The van der Waals surface area contributed by atoms with E-state index in [1.165, 1.54) is 0 Å². The minimum atomic E-state index is 0.000463. The van der Waals surface area contributed by atoms with Gasteiger partial charge in [-0.2, -0.15) is 0 Å². The van der Waals surface area contributed by atoms with Crippen molar-refractivity contribution in [3.05, 3.63) is 16.6 Å². The molecule has 1 aromatic rings. The summed E-state index contributed by atoms with van der Waals surface area (Å²) in [5, 5.41) is 4.89. The smallest absolute Gasteiger partial charge is 0.317 e. The maximum absolute atomic E-state index is 11.5. The third-order valence-corrected chi connectivity index (χ3v) is 2.77. The Hall–Kier alpha value is -1.10. The molecule has 5 heteroatoms. The van der Waals surface area contributed by atoms with E-state index in [-0.39, 0.29) is 6.03 Å².